The topological polar surface area (TPSA) is 112 Å². The van der Waals surface area contributed by atoms with E-state index in [0.717, 1.165) is 5.69 Å². The molecule has 32 heavy (non-hydrogen) atoms. The summed E-state index contributed by atoms with van der Waals surface area (Å²) in [6, 6.07) is 10.3. The van der Waals surface area contributed by atoms with Crippen LogP contribution in [0, 0.1) is 0 Å². The number of carbonyl (C=O) groups excluding carboxylic acids is 2. The summed E-state index contributed by atoms with van der Waals surface area (Å²) < 4.78 is 28.5. The fourth-order valence-electron chi connectivity index (χ4n) is 4.09. The van der Waals surface area contributed by atoms with Crippen LogP contribution >= 0.6 is 11.8 Å². The second kappa shape index (κ2) is 8.28. The van der Waals surface area contributed by atoms with Gasteiger partial charge >= 0.3 is 0 Å². The van der Waals surface area contributed by atoms with Crippen molar-refractivity contribution >= 4 is 44.3 Å². The van der Waals surface area contributed by atoms with Crippen LogP contribution in [0.3, 0.4) is 0 Å². The van der Waals surface area contributed by atoms with Gasteiger partial charge in [0.2, 0.25) is 0 Å². The number of fused-ring (bicyclic) bond motifs is 1. The fraction of sp³-hybridized carbons (Fsp3) is 0.381. The van der Waals surface area contributed by atoms with Gasteiger partial charge in [0, 0.05) is 42.7 Å². The van der Waals surface area contributed by atoms with Crippen molar-refractivity contribution < 1.29 is 22.4 Å². The largest absolute Gasteiger partial charge is 0.459 e. The van der Waals surface area contributed by atoms with E-state index in [1.165, 1.54) is 18.0 Å². The lowest BCUT2D eigenvalue weighted by molar-refractivity contribution is 0.0518. The number of sulfone groups is 1. The maximum Gasteiger partial charge on any atom is 0.289 e. The number of furan rings is 1. The minimum atomic E-state index is -2.97. The molecule has 0 spiro atoms. The molecule has 2 aromatic rings. The molecule has 2 atom stereocenters. The van der Waals surface area contributed by atoms with Crippen molar-refractivity contribution in [2.75, 3.05) is 43.0 Å². The summed E-state index contributed by atoms with van der Waals surface area (Å²) in [7, 11) is -2.97. The first kappa shape index (κ1) is 21.1. The number of rotatable bonds is 3. The molecule has 0 saturated carbocycles. The van der Waals surface area contributed by atoms with Gasteiger partial charge in [-0.15, -0.1) is 0 Å². The molecule has 9 nitrogen and oxygen atoms in total. The third kappa shape index (κ3) is 4.26. The quantitative estimate of drug-likeness (QED) is 0.718. The van der Waals surface area contributed by atoms with Crippen LogP contribution in [0.2, 0.25) is 0 Å². The Balaban J connectivity index is 1.15. The zero-order valence-electron chi connectivity index (χ0n) is 17.1. The highest BCUT2D eigenvalue weighted by Gasteiger charge is 2.42. The molecule has 0 unspecified atom stereocenters. The highest BCUT2D eigenvalue weighted by atomic mass is 32.2. The Kier molecular flexibility index (Phi) is 5.46. The van der Waals surface area contributed by atoms with Gasteiger partial charge in [-0.3, -0.25) is 14.6 Å². The van der Waals surface area contributed by atoms with Crippen LogP contribution in [0.1, 0.15) is 20.9 Å². The molecule has 2 fully saturated rings. The standard InChI is InChI=1S/C21H22N4O5S2/c26-19(24-7-9-25(10-8-24)20(27)17-2-1-11-30-17)14-3-5-15(6-4-14)22-21-23-16-12-32(28,29)13-18(16)31-21/h1-6,11,16,18H,7-10,12-13H2,(H,22,23)/t16-,18-/m1/s1. The van der Waals surface area contributed by atoms with Gasteiger partial charge in [-0.25, -0.2) is 8.42 Å². The van der Waals surface area contributed by atoms with Crippen molar-refractivity contribution in [2.45, 2.75) is 11.3 Å². The number of nitrogens with zero attached hydrogens (tertiary/aromatic N) is 3. The summed E-state index contributed by atoms with van der Waals surface area (Å²) in [6.45, 7) is 1.84. The first-order valence-corrected chi connectivity index (χ1v) is 13.0. The summed E-state index contributed by atoms with van der Waals surface area (Å²) in [4.78, 5) is 33.1. The minimum absolute atomic E-state index is 0.0123. The van der Waals surface area contributed by atoms with Gasteiger partial charge in [0.1, 0.15) is 0 Å². The van der Waals surface area contributed by atoms with Gasteiger partial charge in [-0.2, -0.15) is 0 Å². The lowest BCUT2D eigenvalue weighted by Gasteiger charge is -2.34. The molecule has 3 aliphatic heterocycles. The first-order valence-electron chi connectivity index (χ1n) is 10.3. The zero-order valence-corrected chi connectivity index (χ0v) is 18.8. The normalized spacial score (nSPS) is 24.2. The van der Waals surface area contributed by atoms with Crippen LogP contribution in [0.4, 0.5) is 5.69 Å². The highest BCUT2D eigenvalue weighted by molar-refractivity contribution is 8.15. The number of amidine groups is 1. The highest BCUT2D eigenvalue weighted by Crippen LogP contribution is 2.34. The van der Waals surface area contributed by atoms with Crippen molar-refractivity contribution in [1.82, 2.24) is 9.80 Å². The van der Waals surface area contributed by atoms with Crippen molar-refractivity contribution in [1.29, 1.82) is 0 Å². The molecule has 1 N–H and O–H groups in total. The number of anilines is 1. The van der Waals surface area contributed by atoms with Crippen LogP contribution in [0.15, 0.2) is 52.1 Å². The predicted octanol–water partition coefficient (Wildman–Crippen LogP) is 1.56. The Bertz CT molecular complexity index is 1150. The van der Waals surface area contributed by atoms with Crippen molar-refractivity contribution in [2.24, 2.45) is 4.99 Å². The van der Waals surface area contributed by atoms with Crippen LogP contribution in [-0.4, -0.2) is 84.2 Å². The van der Waals surface area contributed by atoms with Gasteiger partial charge in [-0.05, 0) is 36.4 Å². The van der Waals surface area contributed by atoms with Crippen molar-refractivity contribution in [3.63, 3.8) is 0 Å². The number of piperazine rings is 1. The lowest BCUT2D eigenvalue weighted by atomic mass is 10.1. The molecular formula is C21H22N4O5S2. The average Bonchev–Trinajstić information content (AvgIpc) is 3.49. The van der Waals surface area contributed by atoms with Crippen LogP contribution in [0.25, 0.3) is 0 Å². The summed E-state index contributed by atoms with van der Waals surface area (Å²) in [5.41, 5.74) is 1.37. The number of carbonyl (C=O) groups is 2. The lowest BCUT2D eigenvalue weighted by Crippen LogP contribution is -2.50. The number of aliphatic imine (C=N–C) groups is 1. The van der Waals surface area contributed by atoms with Crippen LogP contribution in [0.5, 0.6) is 0 Å². The van der Waals surface area contributed by atoms with Gasteiger partial charge in [0.15, 0.2) is 20.8 Å². The van der Waals surface area contributed by atoms with Gasteiger partial charge in [-0.1, -0.05) is 11.8 Å². The van der Waals surface area contributed by atoms with E-state index in [0.29, 0.717) is 42.7 Å². The number of benzene rings is 1. The maximum absolute atomic E-state index is 12.9. The Morgan fingerprint density at radius 1 is 1.00 bits per heavy atom. The number of nitrogens with one attached hydrogen (secondary N) is 1. The first-order chi connectivity index (χ1) is 15.4. The molecule has 1 aromatic carbocycles. The SMILES string of the molecule is O=C(c1ccc(NC2=N[C@@H]3CS(=O)(=O)C[C@H]3S2)cc1)N1CCN(C(=O)c2ccco2)CC1. The van der Waals surface area contributed by atoms with E-state index in [4.69, 9.17) is 4.42 Å². The Hall–Kier alpha value is -2.79. The number of hydrogen-bond donors (Lipinski definition) is 1. The smallest absolute Gasteiger partial charge is 0.289 e. The summed E-state index contributed by atoms with van der Waals surface area (Å²) in [5, 5.41) is 3.92. The Labute approximate surface area is 189 Å². The third-order valence-electron chi connectivity index (χ3n) is 5.79. The maximum atomic E-state index is 12.9. The molecule has 2 amide bonds. The molecule has 2 saturated heterocycles. The number of thioether (sulfide) groups is 1. The van der Waals surface area contributed by atoms with E-state index in [9.17, 15) is 18.0 Å². The molecular weight excluding hydrogens is 452 g/mol. The Morgan fingerprint density at radius 3 is 2.31 bits per heavy atom. The molecule has 168 valence electrons. The molecule has 0 radical (unpaired) electrons. The zero-order chi connectivity index (χ0) is 22.3. The van der Waals surface area contributed by atoms with E-state index in [1.807, 2.05) is 12.1 Å². The van der Waals surface area contributed by atoms with Crippen molar-refractivity contribution in [3.05, 3.63) is 54.0 Å². The fourth-order valence-corrected chi connectivity index (χ4v) is 7.76. The summed E-state index contributed by atoms with van der Waals surface area (Å²) >= 11 is 1.46. The molecule has 0 aliphatic carbocycles. The van der Waals surface area contributed by atoms with Crippen LogP contribution in [-0.2, 0) is 9.84 Å². The molecule has 4 heterocycles. The third-order valence-corrected chi connectivity index (χ3v) is 8.93. The van der Waals surface area contributed by atoms with Crippen molar-refractivity contribution in [3.8, 4) is 0 Å². The molecule has 1 aromatic heterocycles. The van der Waals surface area contributed by atoms with Gasteiger partial charge in [0.05, 0.1) is 23.8 Å². The molecule has 0 bridgehead atoms. The summed E-state index contributed by atoms with van der Waals surface area (Å²) in [6.07, 6.45) is 1.47. The molecule has 11 heteroatoms. The Morgan fingerprint density at radius 2 is 1.69 bits per heavy atom. The summed E-state index contributed by atoms with van der Waals surface area (Å²) in [5.74, 6) is 0.359. The monoisotopic (exact) mass is 474 g/mol. The predicted molar refractivity (Wildman–Crippen MR) is 122 cm³/mol. The molecule has 3 aliphatic rings. The van der Waals surface area contributed by atoms with Gasteiger partial charge < -0.3 is 19.5 Å². The van der Waals surface area contributed by atoms with E-state index in [1.54, 1.807) is 34.1 Å². The second-order valence-corrected chi connectivity index (χ2v) is 11.4. The van der Waals surface area contributed by atoms with E-state index in [2.05, 4.69) is 10.3 Å². The number of amides is 2. The van der Waals surface area contributed by atoms with E-state index in [-0.39, 0.29) is 34.6 Å². The average molecular weight is 475 g/mol. The second-order valence-electron chi connectivity index (χ2n) is 8.00. The number of hydrogen-bond acceptors (Lipinski definition) is 8. The minimum Gasteiger partial charge on any atom is -0.459 e. The van der Waals surface area contributed by atoms with Gasteiger partial charge in [0.25, 0.3) is 11.8 Å². The molecule has 5 rings (SSSR count). The van der Waals surface area contributed by atoms with E-state index < -0.39 is 9.84 Å². The van der Waals surface area contributed by atoms with E-state index >= 15 is 0 Å². The van der Waals surface area contributed by atoms with Crippen LogP contribution < -0.4 is 5.32 Å².